The zero-order chi connectivity index (χ0) is 8.60. The smallest absolute Gasteiger partial charge is 0.238 e. The van der Waals surface area contributed by atoms with Crippen molar-refractivity contribution in [2.75, 3.05) is 6.54 Å². The van der Waals surface area contributed by atoms with Crippen LogP contribution in [0.3, 0.4) is 0 Å². The maximum absolute atomic E-state index is 11.3. The van der Waals surface area contributed by atoms with Gasteiger partial charge in [0.15, 0.2) is 0 Å². The summed E-state index contributed by atoms with van der Waals surface area (Å²) in [4.78, 5) is 21.4. The molecule has 1 heterocycles. The molecule has 4 heteroatoms. The van der Waals surface area contributed by atoms with E-state index in [1.165, 1.54) is 0 Å². The van der Waals surface area contributed by atoms with Gasteiger partial charge in [0.05, 0.1) is 0 Å². The van der Waals surface area contributed by atoms with E-state index in [1.807, 2.05) is 0 Å². The average molecular weight is 168 g/mol. The summed E-state index contributed by atoms with van der Waals surface area (Å²) in [5.41, 5.74) is 3.25. The Morgan fingerprint density at radius 1 is 1.58 bits per heavy atom. The van der Waals surface area contributed by atoms with Crippen LogP contribution in [0, 0.1) is 0 Å². The maximum atomic E-state index is 11.3. The standard InChI is InChI=1S/C8H12N2O2/c11-5-1-4-10-7(12)6-8(9-10)2-3-8/h5,9H,1-4,6H2. The van der Waals surface area contributed by atoms with Gasteiger partial charge in [-0.3, -0.25) is 9.80 Å². The lowest BCUT2D eigenvalue weighted by molar-refractivity contribution is -0.129. The van der Waals surface area contributed by atoms with Crippen LogP contribution in [0.2, 0.25) is 0 Å². The first kappa shape index (κ1) is 7.73. The van der Waals surface area contributed by atoms with Crippen molar-refractivity contribution in [3.63, 3.8) is 0 Å². The number of hydrogen-bond donors (Lipinski definition) is 1. The number of nitrogens with one attached hydrogen (secondary N) is 1. The Kier molecular flexibility index (Phi) is 1.65. The highest BCUT2D eigenvalue weighted by Gasteiger charge is 2.51. The van der Waals surface area contributed by atoms with Crippen LogP contribution in [0.4, 0.5) is 0 Å². The van der Waals surface area contributed by atoms with E-state index in [2.05, 4.69) is 5.43 Å². The maximum Gasteiger partial charge on any atom is 0.238 e. The molecule has 0 aromatic heterocycles. The van der Waals surface area contributed by atoms with Crippen molar-refractivity contribution in [3.05, 3.63) is 0 Å². The molecule has 1 aliphatic heterocycles. The highest BCUT2D eigenvalue weighted by Crippen LogP contribution is 2.42. The SMILES string of the molecule is O=CCCN1NC2(CC2)CC1=O. The Balaban J connectivity index is 1.90. The minimum absolute atomic E-state index is 0.0972. The van der Waals surface area contributed by atoms with Crippen LogP contribution in [-0.4, -0.2) is 29.3 Å². The van der Waals surface area contributed by atoms with E-state index in [-0.39, 0.29) is 11.4 Å². The molecule has 1 saturated carbocycles. The van der Waals surface area contributed by atoms with Gasteiger partial charge >= 0.3 is 0 Å². The number of amides is 1. The molecule has 2 aliphatic rings. The van der Waals surface area contributed by atoms with E-state index in [0.29, 0.717) is 19.4 Å². The van der Waals surface area contributed by atoms with Gasteiger partial charge in [-0.05, 0) is 12.8 Å². The molecule has 0 atom stereocenters. The fourth-order valence-corrected chi connectivity index (χ4v) is 1.57. The predicted octanol–water partition coefficient (Wildman–Crippen LogP) is -0.155. The second-order valence-corrected chi connectivity index (χ2v) is 3.57. The third-order valence-electron chi connectivity index (χ3n) is 2.49. The first-order chi connectivity index (χ1) is 5.76. The van der Waals surface area contributed by atoms with Crippen molar-refractivity contribution in [3.8, 4) is 0 Å². The summed E-state index contributed by atoms with van der Waals surface area (Å²) in [7, 11) is 0. The van der Waals surface area contributed by atoms with Crippen molar-refractivity contribution in [1.82, 2.24) is 10.4 Å². The molecule has 0 aromatic rings. The molecule has 1 amide bonds. The highest BCUT2D eigenvalue weighted by molar-refractivity contribution is 5.80. The zero-order valence-corrected chi connectivity index (χ0v) is 6.88. The Morgan fingerprint density at radius 3 is 2.83 bits per heavy atom. The second-order valence-electron chi connectivity index (χ2n) is 3.57. The van der Waals surface area contributed by atoms with Crippen LogP contribution >= 0.6 is 0 Å². The van der Waals surface area contributed by atoms with Crippen molar-refractivity contribution in [2.24, 2.45) is 0 Å². The number of aldehydes is 1. The lowest BCUT2D eigenvalue weighted by Crippen LogP contribution is -2.39. The number of carbonyl (C=O) groups is 2. The fourth-order valence-electron chi connectivity index (χ4n) is 1.57. The molecule has 66 valence electrons. The normalized spacial score (nSPS) is 25.0. The molecule has 1 N–H and O–H groups in total. The minimum Gasteiger partial charge on any atom is -0.303 e. The number of carbonyl (C=O) groups excluding carboxylic acids is 2. The summed E-state index contributed by atoms with van der Waals surface area (Å²) in [5.74, 6) is 0.134. The summed E-state index contributed by atoms with van der Waals surface area (Å²) in [6, 6.07) is 0. The lowest BCUT2D eigenvalue weighted by Gasteiger charge is -2.15. The molecular formula is C8H12N2O2. The molecule has 2 fully saturated rings. The van der Waals surface area contributed by atoms with Gasteiger partial charge in [-0.15, -0.1) is 0 Å². The summed E-state index contributed by atoms with van der Waals surface area (Å²) in [6.45, 7) is 0.518. The van der Waals surface area contributed by atoms with Crippen molar-refractivity contribution < 1.29 is 9.59 Å². The molecule has 2 rings (SSSR count). The van der Waals surface area contributed by atoms with Crippen molar-refractivity contribution in [1.29, 1.82) is 0 Å². The molecule has 0 aromatic carbocycles. The first-order valence-electron chi connectivity index (χ1n) is 4.28. The molecule has 1 aliphatic carbocycles. The Bertz CT molecular complexity index is 223. The Morgan fingerprint density at radius 2 is 2.33 bits per heavy atom. The van der Waals surface area contributed by atoms with Crippen LogP contribution in [0.5, 0.6) is 0 Å². The molecule has 12 heavy (non-hydrogen) atoms. The van der Waals surface area contributed by atoms with Gasteiger partial charge in [0, 0.05) is 24.9 Å². The molecular weight excluding hydrogens is 156 g/mol. The van der Waals surface area contributed by atoms with Crippen LogP contribution in [-0.2, 0) is 9.59 Å². The lowest BCUT2D eigenvalue weighted by atomic mass is 10.2. The summed E-state index contributed by atoms with van der Waals surface area (Å²) < 4.78 is 0. The van der Waals surface area contributed by atoms with Crippen LogP contribution in [0.25, 0.3) is 0 Å². The van der Waals surface area contributed by atoms with Gasteiger partial charge in [-0.1, -0.05) is 0 Å². The molecule has 4 nitrogen and oxygen atoms in total. The Labute approximate surface area is 70.9 Å². The Hall–Kier alpha value is -0.900. The van der Waals surface area contributed by atoms with Gasteiger partial charge in [0.2, 0.25) is 5.91 Å². The number of hydrogen-bond acceptors (Lipinski definition) is 3. The van der Waals surface area contributed by atoms with E-state index in [4.69, 9.17) is 0 Å². The van der Waals surface area contributed by atoms with E-state index in [9.17, 15) is 9.59 Å². The minimum atomic E-state index is 0.0972. The van der Waals surface area contributed by atoms with Gasteiger partial charge in [-0.25, -0.2) is 5.43 Å². The number of rotatable bonds is 3. The van der Waals surface area contributed by atoms with E-state index in [0.717, 1.165) is 19.1 Å². The molecule has 0 unspecified atom stereocenters. The third-order valence-corrected chi connectivity index (χ3v) is 2.49. The van der Waals surface area contributed by atoms with E-state index >= 15 is 0 Å². The van der Waals surface area contributed by atoms with Crippen molar-refractivity contribution >= 4 is 12.2 Å². The predicted molar refractivity (Wildman–Crippen MR) is 42.1 cm³/mol. The first-order valence-corrected chi connectivity index (χ1v) is 4.28. The van der Waals surface area contributed by atoms with E-state index < -0.39 is 0 Å². The fraction of sp³-hybridized carbons (Fsp3) is 0.750. The average Bonchev–Trinajstić information content (AvgIpc) is 2.70. The molecule has 1 saturated heterocycles. The summed E-state index contributed by atoms with van der Waals surface area (Å²) >= 11 is 0. The highest BCUT2D eigenvalue weighted by atomic mass is 16.2. The summed E-state index contributed by atoms with van der Waals surface area (Å²) in [5, 5.41) is 1.58. The van der Waals surface area contributed by atoms with Gasteiger partial charge < -0.3 is 4.79 Å². The van der Waals surface area contributed by atoms with Crippen molar-refractivity contribution in [2.45, 2.75) is 31.2 Å². The summed E-state index contributed by atoms with van der Waals surface area (Å²) in [6.07, 6.45) is 4.07. The van der Waals surface area contributed by atoms with Gasteiger partial charge in [-0.2, -0.15) is 0 Å². The van der Waals surface area contributed by atoms with Gasteiger partial charge in [0.1, 0.15) is 6.29 Å². The van der Waals surface area contributed by atoms with E-state index in [1.54, 1.807) is 5.01 Å². The van der Waals surface area contributed by atoms with Gasteiger partial charge in [0.25, 0.3) is 0 Å². The second kappa shape index (κ2) is 2.55. The largest absolute Gasteiger partial charge is 0.303 e. The number of hydrazine groups is 1. The van der Waals surface area contributed by atoms with Crippen LogP contribution < -0.4 is 5.43 Å². The van der Waals surface area contributed by atoms with Crippen LogP contribution in [0.1, 0.15) is 25.7 Å². The topological polar surface area (TPSA) is 49.4 Å². The monoisotopic (exact) mass is 168 g/mol. The quantitative estimate of drug-likeness (QED) is 0.596. The molecule has 1 spiro atoms. The zero-order valence-electron chi connectivity index (χ0n) is 6.88. The third kappa shape index (κ3) is 1.22. The molecule has 0 bridgehead atoms. The molecule has 0 radical (unpaired) electrons. The van der Waals surface area contributed by atoms with Crippen LogP contribution in [0.15, 0.2) is 0 Å². The number of nitrogens with zero attached hydrogens (tertiary/aromatic N) is 1.